The van der Waals surface area contributed by atoms with Crippen LogP contribution >= 0.6 is 0 Å². The lowest BCUT2D eigenvalue weighted by Gasteiger charge is -2.28. The lowest BCUT2D eigenvalue weighted by molar-refractivity contribution is -0.890. The van der Waals surface area contributed by atoms with Gasteiger partial charge in [-0.3, -0.25) is 4.18 Å². The van der Waals surface area contributed by atoms with Crippen LogP contribution in [0.15, 0.2) is 60.7 Å². The van der Waals surface area contributed by atoms with Crippen molar-refractivity contribution in [2.75, 3.05) is 60.7 Å². The molecule has 2 rings (SSSR count). The zero-order valence-corrected chi connectivity index (χ0v) is 39.1. The van der Waals surface area contributed by atoms with Gasteiger partial charge in [0.2, 0.25) is 10.4 Å². The zero-order chi connectivity index (χ0) is 44.9. The van der Waals surface area contributed by atoms with Crippen molar-refractivity contribution >= 4 is 34.5 Å². The molecule has 0 saturated carbocycles. The van der Waals surface area contributed by atoms with Gasteiger partial charge in [0.15, 0.2) is 0 Å². The average Bonchev–Trinajstić information content (AvgIpc) is 3.24. The van der Waals surface area contributed by atoms with Crippen LogP contribution in [0.1, 0.15) is 153 Å². The molecule has 0 heterocycles. The number of esters is 2. The zero-order valence-electron chi connectivity index (χ0n) is 38.3. The molecule has 11 nitrogen and oxygen atoms in total. The summed E-state index contributed by atoms with van der Waals surface area (Å²) in [6.45, 7) is 7.74. The van der Waals surface area contributed by atoms with Crippen LogP contribution in [-0.4, -0.2) is 90.1 Å². The fourth-order valence-electron chi connectivity index (χ4n) is 6.23. The minimum Gasteiger partial charge on any atom is -0.726 e. The van der Waals surface area contributed by atoms with Gasteiger partial charge >= 0.3 is 11.9 Å². The van der Waals surface area contributed by atoms with Crippen LogP contribution in [0.4, 0.5) is 0 Å². The number of hydrogen-bond donors (Lipinski definition) is 0. The summed E-state index contributed by atoms with van der Waals surface area (Å²) >= 11 is 0. The molecule has 0 fully saturated rings. The molecular formula is C49H79NO10S. The van der Waals surface area contributed by atoms with E-state index >= 15 is 0 Å². The van der Waals surface area contributed by atoms with Crippen molar-refractivity contribution in [3.63, 3.8) is 0 Å². The fourth-order valence-corrected chi connectivity index (χ4v) is 6.23. The monoisotopic (exact) mass is 874 g/mol. The van der Waals surface area contributed by atoms with Gasteiger partial charge in [-0.15, -0.1) is 0 Å². The number of likely N-dealkylation sites (N-methyl/N-ethyl adjacent to an activating group) is 1. The van der Waals surface area contributed by atoms with Crippen molar-refractivity contribution in [1.29, 1.82) is 0 Å². The highest BCUT2D eigenvalue weighted by molar-refractivity contribution is 7.80. The number of unbranched alkanes of at least 4 members (excludes halogenated alkanes) is 18. The molecular weight excluding hydrogens is 795 g/mol. The van der Waals surface area contributed by atoms with Gasteiger partial charge in [-0.2, -0.15) is 0 Å². The van der Waals surface area contributed by atoms with Gasteiger partial charge in [-0.1, -0.05) is 154 Å². The highest BCUT2D eigenvalue weighted by Gasteiger charge is 2.16. The van der Waals surface area contributed by atoms with Crippen LogP contribution in [0, 0.1) is 0 Å². The molecule has 2 aromatic carbocycles. The Morgan fingerprint density at radius 1 is 0.525 bits per heavy atom. The third-order valence-electron chi connectivity index (χ3n) is 10.2. The van der Waals surface area contributed by atoms with E-state index in [4.69, 9.17) is 18.9 Å². The summed E-state index contributed by atoms with van der Waals surface area (Å²) in [6.07, 6.45) is 32.6. The second-order valence-electron chi connectivity index (χ2n) is 16.2. The van der Waals surface area contributed by atoms with E-state index in [1.165, 1.54) is 128 Å². The molecule has 12 heteroatoms. The minimum absolute atomic E-state index is 0.273. The Morgan fingerprint density at radius 2 is 0.820 bits per heavy atom. The van der Waals surface area contributed by atoms with E-state index in [9.17, 15) is 22.6 Å². The van der Waals surface area contributed by atoms with Crippen molar-refractivity contribution < 1.29 is 50.2 Å². The Hall–Kier alpha value is -3.71. The number of carbonyl (C=O) groups is 2. The second-order valence-corrected chi connectivity index (χ2v) is 17.3. The summed E-state index contributed by atoms with van der Waals surface area (Å²) in [4.78, 5) is 24.6. The first-order chi connectivity index (χ1) is 29.4. The summed E-state index contributed by atoms with van der Waals surface area (Å²) < 4.78 is 54.2. The maximum atomic E-state index is 12.3. The molecule has 346 valence electrons. The third kappa shape index (κ3) is 34.6. The SMILES string of the molecule is CCCCCCCCCCCCOc1ccc(C=CC(=O)OCC[N+](C)(C)CCOC(=O)C=Cc2ccc(OCCCCCCCCCCCC)cc2)cc1.COS(=O)(=O)[O-]. The normalized spacial score (nSPS) is 11.7. The molecule has 0 aliphatic heterocycles. The minimum atomic E-state index is -4.41. The molecule has 0 aromatic heterocycles. The summed E-state index contributed by atoms with van der Waals surface area (Å²) in [6, 6.07) is 15.5. The molecule has 61 heavy (non-hydrogen) atoms. The van der Waals surface area contributed by atoms with Crippen LogP contribution < -0.4 is 9.47 Å². The first-order valence-electron chi connectivity index (χ1n) is 22.9. The highest BCUT2D eigenvalue weighted by Crippen LogP contribution is 2.17. The number of carbonyl (C=O) groups excluding carboxylic acids is 2. The predicted molar refractivity (Wildman–Crippen MR) is 246 cm³/mol. The van der Waals surface area contributed by atoms with Crippen molar-refractivity contribution in [3.8, 4) is 11.5 Å². The van der Waals surface area contributed by atoms with E-state index in [1.54, 1.807) is 12.2 Å². The lowest BCUT2D eigenvalue weighted by Crippen LogP contribution is -2.45. The molecule has 0 aliphatic rings. The smallest absolute Gasteiger partial charge is 0.330 e. The molecule has 0 spiro atoms. The number of ether oxygens (including phenoxy) is 4. The van der Waals surface area contributed by atoms with Crippen molar-refractivity contribution in [3.05, 3.63) is 71.8 Å². The Balaban J connectivity index is 0.00000287. The standard InChI is InChI=1S/C48H76NO6.CH4O4S/c1-5-7-9-11-13-15-17-19-21-23-39-52-45-31-25-43(26-32-45)29-35-47(50)54-41-37-49(3,4)38-42-55-48(51)36-30-44-27-33-46(34-28-44)53-40-24-22-20-18-16-14-12-10-8-6-2;1-5-6(2,3)4/h25-36H,5-24,37-42H2,1-4H3;1H3,(H,2,3,4)/q+1;/p-1. The molecule has 0 bridgehead atoms. The molecule has 0 atom stereocenters. The van der Waals surface area contributed by atoms with Crippen LogP contribution in [-0.2, 0) is 33.6 Å². The molecule has 0 N–H and O–H groups in total. The first kappa shape index (κ1) is 55.3. The Bertz CT molecular complexity index is 1460. The molecule has 0 amide bonds. The first-order valence-corrected chi connectivity index (χ1v) is 24.2. The topological polar surface area (TPSA) is 137 Å². The summed E-state index contributed by atoms with van der Waals surface area (Å²) in [5.74, 6) is 0.934. The van der Waals surface area contributed by atoms with Crippen LogP contribution in [0.2, 0.25) is 0 Å². The number of quaternary nitrogens is 1. The summed E-state index contributed by atoms with van der Waals surface area (Å²) in [7, 11) is 0.439. The van der Waals surface area contributed by atoms with Gasteiger partial charge in [0.05, 0.1) is 34.4 Å². The van der Waals surface area contributed by atoms with Crippen molar-refractivity contribution in [2.24, 2.45) is 0 Å². The van der Waals surface area contributed by atoms with Gasteiger partial charge in [-0.25, -0.2) is 18.0 Å². The van der Waals surface area contributed by atoms with Gasteiger partial charge in [-0.05, 0) is 60.4 Å². The number of benzene rings is 2. The van der Waals surface area contributed by atoms with E-state index in [1.807, 2.05) is 62.6 Å². The van der Waals surface area contributed by atoms with Crippen LogP contribution in [0.3, 0.4) is 0 Å². The average molecular weight is 874 g/mol. The fraction of sp³-hybridized carbons (Fsp3) is 0.633. The largest absolute Gasteiger partial charge is 0.726 e. The lowest BCUT2D eigenvalue weighted by atomic mass is 10.1. The van der Waals surface area contributed by atoms with E-state index in [-0.39, 0.29) is 25.2 Å². The van der Waals surface area contributed by atoms with Gasteiger partial charge in [0.25, 0.3) is 0 Å². The Labute approximate surface area is 369 Å². The second kappa shape index (κ2) is 35.8. The quantitative estimate of drug-likeness (QED) is 0.0164. The van der Waals surface area contributed by atoms with Crippen LogP contribution in [0.5, 0.6) is 11.5 Å². The maximum absolute atomic E-state index is 12.3. The van der Waals surface area contributed by atoms with Crippen molar-refractivity contribution in [1.82, 2.24) is 0 Å². The van der Waals surface area contributed by atoms with E-state index < -0.39 is 10.4 Å². The highest BCUT2D eigenvalue weighted by atomic mass is 32.3. The number of rotatable bonds is 35. The maximum Gasteiger partial charge on any atom is 0.330 e. The Kier molecular flexibility index (Phi) is 32.5. The number of nitrogens with zero attached hydrogens (tertiary/aromatic N) is 1. The molecule has 2 aromatic rings. The van der Waals surface area contributed by atoms with E-state index in [0.717, 1.165) is 55.8 Å². The van der Waals surface area contributed by atoms with Gasteiger partial charge in [0.1, 0.15) is 37.8 Å². The Morgan fingerprint density at radius 3 is 1.11 bits per heavy atom. The summed E-state index contributed by atoms with van der Waals surface area (Å²) in [5.41, 5.74) is 1.83. The van der Waals surface area contributed by atoms with Crippen LogP contribution in [0.25, 0.3) is 12.2 Å². The van der Waals surface area contributed by atoms with Crippen molar-refractivity contribution in [2.45, 2.75) is 142 Å². The summed E-state index contributed by atoms with van der Waals surface area (Å²) in [5, 5.41) is 0. The molecule has 0 aliphatic carbocycles. The van der Waals surface area contributed by atoms with E-state index in [2.05, 4.69) is 18.0 Å². The third-order valence-corrected chi connectivity index (χ3v) is 10.6. The molecule has 0 unspecified atom stereocenters. The predicted octanol–water partition coefficient (Wildman–Crippen LogP) is 11.3. The molecule has 0 radical (unpaired) electrons. The van der Waals surface area contributed by atoms with Gasteiger partial charge < -0.3 is 28.0 Å². The number of hydrogen-bond acceptors (Lipinski definition) is 10. The van der Waals surface area contributed by atoms with Gasteiger partial charge in [0, 0.05) is 12.2 Å². The van der Waals surface area contributed by atoms with E-state index in [0.29, 0.717) is 17.6 Å². The molecule has 0 saturated heterocycles.